The summed E-state index contributed by atoms with van der Waals surface area (Å²) in [7, 11) is 5.01. The van der Waals surface area contributed by atoms with Crippen LogP contribution in [0.3, 0.4) is 0 Å². The number of methoxy groups -OCH3 is 1. The first-order chi connectivity index (χ1) is 11.2. The third-order valence-electron chi connectivity index (χ3n) is 3.51. The smallest absolute Gasteiger partial charge is 0.306 e. The summed E-state index contributed by atoms with van der Waals surface area (Å²) in [4.78, 5) is 30.8. The van der Waals surface area contributed by atoms with Crippen molar-refractivity contribution in [2.45, 2.75) is 26.2 Å². The highest BCUT2D eigenvalue weighted by Gasteiger charge is 2.30. The van der Waals surface area contributed by atoms with E-state index in [2.05, 4.69) is 4.98 Å². The van der Waals surface area contributed by atoms with Crippen LogP contribution in [-0.2, 0) is 9.53 Å². The van der Waals surface area contributed by atoms with Crippen LogP contribution in [0.1, 0.15) is 34.4 Å². The van der Waals surface area contributed by atoms with E-state index in [9.17, 15) is 14.7 Å². The van der Waals surface area contributed by atoms with Crippen LogP contribution in [0.15, 0.2) is 15.3 Å². The highest BCUT2D eigenvalue weighted by molar-refractivity contribution is 7.15. The molecule has 1 N–H and O–H groups in total. The molecule has 8 heteroatoms. The number of aromatic hydroxyl groups is 1. The maximum absolute atomic E-state index is 11.9. The summed E-state index contributed by atoms with van der Waals surface area (Å²) in [5.74, 6) is -1.19. The normalized spacial score (nSPS) is 12.0. The van der Waals surface area contributed by atoms with Crippen molar-refractivity contribution in [3.05, 3.63) is 38.4 Å². The molecule has 0 bridgehead atoms. The van der Waals surface area contributed by atoms with Crippen molar-refractivity contribution < 1.29 is 19.1 Å². The lowest BCUT2D eigenvalue weighted by atomic mass is 9.98. The number of hydrogen-bond donors (Lipinski definition) is 1. The summed E-state index contributed by atoms with van der Waals surface area (Å²) < 4.78 is 10.3. The molecule has 0 aliphatic rings. The van der Waals surface area contributed by atoms with Crippen molar-refractivity contribution in [3.63, 3.8) is 0 Å². The third-order valence-corrected chi connectivity index (χ3v) is 4.95. The predicted octanol–water partition coefficient (Wildman–Crippen LogP) is 2.18. The molecule has 0 spiro atoms. The minimum Gasteiger partial charge on any atom is -0.502 e. The van der Waals surface area contributed by atoms with Crippen LogP contribution in [0, 0.1) is 13.8 Å². The fraction of sp³-hybridized carbons (Fsp3) is 0.438. The van der Waals surface area contributed by atoms with Crippen LogP contribution in [0.4, 0.5) is 5.13 Å². The topological polar surface area (TPSA) is 92.9 Å². The standard InChI is InChI=1S/C16H20N2O5S/c1-8-6-11(19)13(21)14(23-8)10(7-12(20)22-5)15-9(2)17-16(24-15)18(3)4/h6,10,21H,7H2,1-5H3/t10-/m0/s1. The van der Waals surface area contributed by atoms with E-state index in [1.807, 2.05) is 25.9 Å². The number of aromatic nitrogens is 1. The number of esters is 1. The molecular formula is C16H20N2O5S. The first-order valence-electron chi connectivity index (χ1n) is 7.29. The summed E-state index contributed by atoms with van der Waals surface area (Å²) in [6, 6.07) is 1.21. The molecule has 0 aromatic carbocycles. The Bertz CT molecular complexity index is 809. The highest BCUT2D eigenvalue weighted by atomic mass is 32.1. The van der Waals surface area contributed by atoms with Crippen LogP contribution >= 0.6 is 11.3 Å². The Labute approximate surface area is 143 Å². The lowest BCUT2D eigenvalue weighted by molar-refractivity contribution is -0.140. The molecule has 1 atom stereocenters. The average Bonchev–Trinajstić information content (AvgIpc) is 2.90. The number of carbonyl (C=O) groups excluding carboxylic acids is 1. The van der Waals surface area contributed by atoms with E-state index in [-0.39, 0.29) is 12.2 Å². The van der Waals surface area contributed by atoms with Gasteiger partial charge in [0, 0.05) is 25.0 Å². The molecule has 2 aromatic heterocycles. The van der Waals surface area contributed by atoms with Crippen LogP contribution in [-0.4, -0.2) is 37.3 Å². The molecule has 7 nitrogen and oxygen atoms in total. The Morgan fingerprint density at radius 3 is 2.67 bits per heavy atom. The summed E-state index contributed by atoms with van der Waals surface area (Å²) in [5, 5.41) is 10.9. The highest BCUT2D eigenvalue weighted by Crippen LogP contribution is 2.39. The van der Waals surface area contributed by atoms with Crippen LogP contribution in [0.25, 0.3) is 0 Å². The van der Waals surface area contributed by atoms with Gasteiger partial charge in [0.25, 0.3) is 0 Å². The number of aryl methyl sites for hydroxylation is 2. The van der Waals surface area contributed by atoms with Gasteiger partial charge in [-0.3, -0.25) is 9.59 Å². The van der Waals surface area contributed by atoms with Gasteiger partial charge in [-0.25, -0.2) is 4.98 Å². The lowest BCUT2D eigenvalue weighted by Gasteiger charge is -2.15. The van der Waals surface area contributed by atoms with Crippen LogP contribution < -0.4 is 10.3 Å². The maximum Gasteiger partial charge on any atom is 0.306 e. The molecule has 0 amide bonds. The van der Waals surface area contributed by atoms with Crippen molar-refractivity contribution in [2.24, 2.45) is 0 Å². The third kappa shape index (κ3) is 3.59. The van der Waals surface area contributed by atoms with E-state index in [4.69, 9.17) is 9.15 Å². The Balaban J connectivity index is 2.62. The quantitative estimate of drug-likeness (QED) is 0.824. The van der Waals surface area contributed by atoms with Gasteiger partial charge in [-0.15, -0.1) is 11.3 Å². The van der Waals surface area contributed by atoms with Gasteiger partial charge in [-0.2, -0.15) is 0 Å². The number of ether oxygens (including phenoxy) is 1. The van der Waals surface area contributed by atoms with Crippen molar-refractivity contribution >= 4 is 22.4 Å². The van der Waals surface area contributed by atoms with Crippen molar-refractivity contribution in [1.82, 2.24) is 4.98 Å². The number of anilines is 1. The van der Waals surface area contributed by atoms with Crippen LogP contribution in [0.2, 0.25) is 0 Å². The predicted molar refractivity (Wildman–Crippen MR) is 91.0 cm³/mol. The molecule has 24 heavy (non-hydrogen) atoms. The van der Waals surface area contributed by atoms with E-state index in [0.29, 0.717) is 11.5 Å². The molecule has 0 saturated carbocycles. The zero-order chi connectivity index (χ0) is 18.0. The second-order valence-electron chi connectivity index (χ2n) is 5.61. The van der Waals surface area contributed by atoms with Gasteiger partial charge in [-0.1, -0.05) is 0 Å². The SMILES string of the molecule is COC(=O)C[C@@H](c1oc(C)cc(=O)c1O)c1sc(N(C)C)nc1C. The molecule has 0 unspecified atom stereocenters. The summed E-state index contributed by atoms with van der Waals surface area (Å²) in [6.45, 7) is 3.43. The Kier molecular flexibility index (Phi) is 5.28. The van der Waals surface area contributed by atoms with Gasteiger partial charge in [0.15, 0.2) is 10.9 Å². The van der Waals surface area contributed by atoms with Crippen molar-refractivity contribution in [3.8, 4) is 5.75 Å². The van der Waals surface area contributed by atoms with Gasteiger partial charge in [0.2, 0.25) is 11.2 Å². The van der Waals surface area contributed by atoms with E-state index in [1.165, 1.54) is 24.5 Å². The zero-order valence-electron chi connectivity index (χ0n) is 14.2. The second-order valence-corrected chi connectivity index (χ2v) is 6.62. The molecule has 2 rings (SSSR count). The van der Waals surface area contributed by atoms with E-state index < -0.39 is 23.1 Å². The molecule has 0 radical (unpaired) electrons. The molecule has 2 heterocycles. The van der Waals surface area contributed by atoms with Gasteiger partial charge >= 0.3 is 5.97 Å². The molecule has 0 saturated heterocycles. The Morgan fingerprint density at radius 2 is 2.12 bits per heavy atom. The lowest BCUT2D eigenvalue weighted by Crippen LogP contribution is -2.13. The minimum atomic E-state index is -0.642. The molecular weight excluding hydrogens is 332 g/mol. The second kappa shape index (κ2) is 7.04. The maximum atomic E-state index is 11.9. The van der Waals surface area contributed by atoms with Crippen molar-refractivity contribution in [1.29, 1.82) is 0 Å². The zero-order valence-corrected chi connectivity index (χ0v) is 15.1. The van der Waals surface area contributed by atoms with E-state index in [1.54, 1.807) is 6.92 Å². The monoisotopic (exact) mass is 352 g/mol. The van der Waals surface area contributed by atoms with Gasteiger partial charge in [0.1, 0.15) is 5.76 Å². The minimum absolute atomic E-state index is 0.0578. The molecule has 0 fully saturated rings. The number of nitrogens with zero attached hydrogens (tertiary/aromatic N) is 2. The fourth-order valence-electron chi connectivity index (χ4n) is 2.32. The van der Waals surface area contributed by atoms with Crippen molar-refractivity contribution in [2.75, 3.05) is 26.1 Å². The number of carbonyl (C=O) groups is 1. The number of thiazole rings is 1. The molecule has 2 aromatic rings. The van der Waals surface area contributed by atoms with E-state index in [0.717, 1.165) is 10.0 Å². The van der Waals surface area contributed by atoms with E-state index >= 15 is 0 Å². The summed E-state index contributed by atoms with van der Waals surface area (Å²) in [5.41, 5.74) is 0.166. The van der Waals surface area contributed by atoms with Gasteiger partial charge in [0.05, 0.1) is 25.1 Å². The number of hydrogen-bond acceptors (Lipinski definition) is 8. The largest absolute Gasteiger partial charge is 0.502 e. The van der Waals surface area contributed by atoms with Crippen LogP contribution in [0.5, 0.6) is 5.75 Å². The molecule has 0 aliphatic carbocycles. The fourth-order valence-corrected chi connectivity index (χ4v) is 3.41. The summed E-state index contributed by atoms with van der Waals surface area (Å²) in [6.07, 6.45) is -0.0631. The molecule has 130 valence electrons. The Morgan fingerprint density at radius 1 is 1.46 bits per heavy atom. The molecule has 0 aliphatic heterocycles. The first kappa shape index (κ1) is 18.0. The van der Waals surface area contributed by atoms with Gasteiger partial charge < -0.3 is 19.2 Å². The van der Waals surface area contributed by atoms with Gasteiger partial charge in [-0.05, 0) is 13.8 Å². The Hall–Kier alpha value is -2.35. The first-order valence-corrected chi connectivity index (χ1v) is 8.11. The summed E-state index contributed by atoms with van der Waals surface area (Å²) >= 11 is 1.38. The number of rotatable bonds is 5. The average molecular weight is 352 g/mol.